The van der Waals surface area contributed by atoms with Crippen molar-refractivity contribution in [2.45, 2.75) is 12.6 Å². The number of nitrogens with zero attached hydrogens (tertiary/aromatic N) is 2. The fraction of sp³-hybridized carbons (Fsp3) is 0.348. The van der Waals surface area contributed by atoms with Crippen molar-refractivity contribution in [1.29, 1.82) is 0 Å². The molecule has 0 spiro atoms. The molecule has 31 heavy (non-hydrogen) atoms. The summed E-state index contributed by atoms with van der Waals surface area (Å²) in [5.41, 5.74) is -0.496. The van der Waals surface area contributed by atoms with E-state index in [4.69, 9.17) is 4.42 Å². The lowest BCUT2D eigenvalue weighted by atomic mass is 9.63. The van der Waals surface area contributed by atoms with E-state index in [0.717, 1.165) is 23.6 Å². The van der Waals surface area contributed by atoms with Crippen molar-refractivity contribution in [2.75, 3.05) is 0 Å². The predicted octanol–water partition coefficient (Wildman–Crippen LogP) is 4.35. The highest BCUT2D eigenvalue weighted by molar-refractivity contribution is 6.06. The first kappa shape index (κ1) is 18.6. The zero-order valence-corrected chi connectivity index (χ0v) is 16.1. The fourth-order valence-electron chi connectivity index (χ4n) is 5.60. The number of halogens is 3. The van der Waals surface area contributed by atoms with Gasteiger partial charge in [0, 0.05) is 5.56 Å². The molecule has 2 aromatic rings. The Morgan fingerprint density at radius 1 is 1.00 bits per heavy atom. The lowest BCUT2D eigenvalue weighted by molar-refractivity contribution is -0.140. The first-order valence-corrected chi connectivity index (χ1v) is 10.2. The monoisotopic (exact) mass is 426 g/mol. The maximum absolute atomic E-state index is 12.9. The molecule has 1 aromatic heterocycles. The zero-order valence-electron chi connectivity index (χ0n) is 16.1. The van der Waals surface area contributed by atoms with Crippen LogP contribution in [-0.2, 0) is 15.8 Å². The number of amides is 2. The van der Waals surface area contributed by atoms with Crippen LogP contribution in [0.25, 0.3) is 11.3 Å². The number of furan rings is 1. The fourth-order valence-corrected chi connectivity index (χ4v) is 5.60. The van der Waals surface area contributed by atoms with Gasteiger partial charge in [0.2, 0.25) is 0 Å². The van der Waals surface area contributed by atoms with Gasteiger partial charge in [-0.15, -0.1) is 0 Å². The van der Waals surface area contributed by atoms with Gasteiger partial charge in [-0.3, -0.25) is 9.59 Å². The summed E-state index contributed by atoms with van der Waals surface area (Å²) in [7, 11) is 0. The standard InChI is InChI=1S/C23H17F3N2O3/c24-23(25,26)12-3-1-2-11(8-12)18-7-4-13(31-18)10-27-28-21(29)19-14-5-6-15(17-9-16(14)17)20(19)22(28)30/h1-8,10,14-17,19-20H,9H2/b27-10-/t14-,15-,16-,17-,19+,20+/m1/s1. The molecule has 3 fully saturated rings. The topological polar surface area (TPSA) is 62.9 Å². The first-order chi connectivity index (χ1) is 14.8. The van der Waals surface area contributed by atoms with Crippen LogP contribution in [0.15, 0.2) is 58.1 Å². The number of alkyl halides is 3. The minimum Gasteiger partial charge on any atom is -0.455 e. The van der Waals surface area contributed by atoms with Crippen LogP contribution in [0.5, 0.6) is 0 Å². The van der Waals surface area contributed by atoms with Crippen molar-refractivity contribution in [1.82, 2.24) is 5.01 Å². The van der Waals surface area contributed by atoms with Gasteiger partial charge in [0.1, 0.15) is 11.5 Å². The number of carbonyl (C=O) groups is 2. The molecule has 2 amide bonds. The molecular weight excluding hydrogens is 409 g/mol. The molecule has 5 aliphatic rings. The maximum Gasteiger partial charge on any atom is 0.416 e. The molecule has 1 saturated heterocycles. The summed E-state index contributed by atoms with van der Waals surface area (Å²) in [4.78, 5) is 25.8. The number of imide groups is 1. The number of allylic oxidation sites excluding steroid dienone is 2. The molecular formula is C23H17F3N2O3. The molecule has 4 aliphatic carbocycles. The Bertz CT molecular complexity index is 1130. The second-order valence-electron chi connectivity index (χ2n) is 8.67. The third-order valence-corrected chi connectivity index (χ3v) is 7.04. The molecule has 2 heterocycles. The number of hydrogen-bond donors (Lipinski definition) is 0. The molecule has 0 unspecified atom stereocenters. The summed E-state index contributed by atoms with van der Waals surface area (Å²) in [6.07, 6.45) is 2.08. The SMILES string of the molecule is O=C1[C@H]2[C@@H]3C=C[C@H]([C@H]4C[C@H]34)[C@@H]2C(=O)N1/N=C\c1ccc(-c2cccc(C(F)(F)F)c2)o1. The van der Waals surface area contributed by atoms with Gasteiger partial charge in [0.05, 0.1) is 23.6 Å². The Hall–Kier alpha value is -3.16. The van der Waals surface area contributed by atoms with Crippen LogP contribution < -0.4 is 0 Å². The third-order valence-electron chi connectivity index (χ3n) is 7.04. The van der Waals surface area contributed by atoms with Gasteiger partial charge in [-0.25, -0.2) is 0 Å². The van der Waals surface area contributed by atoms with Gasteiger partial charge in [0.25, 0.3) is 11.8 Å². The number of carbonyl (C=O) groups excluding carboxylic acids is 2. The summed E-state index contributed by atoms with van der Waals surface area (Å²) in [5, 5.41) is 5.03. The average molecular weight is 426 g/mol. The Balaban J connectivity index is 1.23. The summed E-state index contributed by atoms with van der Waals surface area (Å²) in [6.45, 7) is 0. The van der Waals surface area contributed by atoms with E-state index in [1.54, 1.807) is 0 Å². The second kappa shape index (κ2) is 6.18. The Labute approximate surface area is 175 Å². The van der Waals surface area contributed by atoms with Gasteiger partial charge in [0.15, 0.2) is 0 Å². The molecule has 6 atom stereocenters. The van der Waals surface area contributed by atoms with E-state index in [1.807, 2.05) is 0 Å². The molecule has 1 aliphatic heterocycles. The van der Waals surface area contributed by atoms with Crippen LogP contribution in [0.4, 0.5) is 13.2 Å². The van der Waals surface area contributed by atoms with Crippen LogP contribution in [0.2, 0.25) is 0 Å². The average Bonchev–Trinajstić information content (AvgIpc) is 3.38. The highest BCUT2D eigenvalue weighted by atomic mass is 19.4. The molecule has 7 rings (SSSR count). The first-order valence-electron chi connectivity index (χ1n) is 10.2. The van der Waals surface area contributed by atoms with Crippen molar-refractivity contribution in [2.24, 2.45) is 40.6 Å². The normalized spacial score (nSPS) is 33.3. The van der Waals surface area contributed by atoms with E-state index < -0.39 is 11.7 Å². The second-order valence-corrected chi connectivity index (χ2v) is 8.67. The number of hydrogen-bond acceptors (Lipinski definition) is 4. The van der Waals surface area contributed by atoms with E-state index in [2.05, 4.69) is 17.3 Å². The summed E-state index contributed by atoms with van der Waals surface area (Å²) < 4.78 is 44.4. The highest BCUT2D eigenvalue weighted by Gasteiger charge is 2.67. The zero-order chi connectivity index (χ0) is 21.5. The third kappa shape index (κ3) is 2.73. The minimum atomic E-state index is -4.45. The smallest absolute Gasteiger partial charge is 0.416 e. The Morgan fingerprint density at radius 2 is 1.68 bits per heavy atom. The maximum atomic E-state index is 12.9. The van der Waals surface area contributed by atoms with Crippen LogP contribution in [0, 0.1) is 35.5 Å². The highest BCUT2D eigenvalue weighted by Crippen LogP contribution is 2.65. The summed E-state index contributed by atoms with van der Waals surface area (Å²) >= 11 is 0. The molecule has 2 bridgehead atoms. The number of hydrazone groups is 1. The van der Waals surface area contributed by atoms with Gasteiger partial charge < -0.3 is 4.42 Å². The molecule has 158 valence electrons. The van der Waals surface area contributed by atoms with Crippen molar-refractivity contribution < 1.29 is 27.2 Å². The Kier molecular flexibility index (Phi) is 3.71. The van der Waals surface area contributed by atoms with E-state index in [9.17, 15) is 22.8 Å². The molecule has 8 heteroatoms. The molecule has 2 saturated carbocycles. The van der Waals surface area contributed by atoms with Crippen molar-refractivity contribution >= 4 is 18.0 Å². The molecule has 1 aromatic carbocycles. The predicted molar refractivity (Wildman–Crippen MR) is 103 cm³/mol. The lowest BCUT2D eigenvalue weighted by Crippen LogP contribution is -2.40. The van der Waals surface area contributed by atoms with Crippen LogP contribution >= 0.6 is 0 Å². The van der Waals surface area contributed by atoms with Crippen LogP contribution in [0.3, 0.4) is 0 Å². The summed E-state index contributed by atoms with van der Waals surface area (Å²) in [6, 6.07) is 7.89. The number of benzene rings is 1. The van der Waals surface area contributed by atoms with Gasteiger partial charge in [-0.1, -0.05) is 24.3 Å². The van der Waals surface area contributed by atoms with Crippen molar-refractivity contribution in [3.8, 4) is 11.3 Å². The minimum absolute atomic E-state index is 0.118. The van der Waals surface area contributed by atoms with Crippen molar-refractivity contribution in [3.05, 3.63) is 59.9 Å². The number of rotatable bonds is 3. The quantitative estimate of drug-likeness (QED) is 0.416. The molecule has 5 nitrogen and oxygen atoms in total. The Morgan fingerprint density at radius 3 is 2.32 bits per heavy atom. The van der Waals surface area contributed by atoms with Gasteiger partial charge >= 0.3 is 6.18 Å². The van der Waals surface area contributed by atoms with E-state index in [1.165, 1.54) is 30.5 Å². The van der Waals surface area contributed by atoms with E-state index >= 15 is 0 Å². The molecule has 0 N–H and O–H groups in total. The van der Waals surface area contributed by atoms with E-state index in [-0.39, 0.29) is 52.6 Å². The largest absolute Gasteiger partial charge is 0.455 e. The van der Waals surface area contributed by atoms with Gasteiger partial charge in [-0.05, 0) is 54.4 Å². The van der Waals surface area contributed by atoms with Crippen molar-refractivity contribution in [3.63, 3.8) is 0 Å². The van der Waals surface area contributed by atoms with Crippen LogP contribution in [0.1, 0.15) is 17.7 Å². The van der Waals surface area contributed by atoms with Crippen LogP contribution in [-0.4, -0.2) is 23.0 Å². The van der Waals surface area contributed by atoms with Gasteiger partial charge in [-0.2, -0.15) is 23.3 Å². The molecule has 0 radical (unpaired) electrons. The summed E-state index contributed by atoms with van der Waals surface area (Å²) in [5.74, 6) is 0.520. The van der Waals surface area contributed by atoms with E-state index in [0.29, 0.717) is 11.8 Å². The lowest BCUT2D eigenvalue weighted by Gasteiger charge is -2.37.